The van der Waals surface area contributed by atoms with E-state index in [4.69, 9.17) is 16.0 Å². The molecule has 0 unspecified atom stereocenters. The molecule has 0 saturated carbocycles. The van der Waals surface area contributed by atoms with Gasteiger partial charge in [0.15, 0.2) is 15.9 Å². The van der Waals surface area contributed by atoms with E-state index in [9.17, 15) is 0 Å². The maximum atomic E-state index is 5.78. The second kappa shape index (κ2) is 4.59. The Bertz CT molecular complexity index is 692. The van der Waals surface area contributed by atoms with E-state index in [2.05, 4.69) is 15.3 Å². The van der Waals surface area contributed by atoms with Crippen molar-refractivity contribution in [3.63, 3.8) is 0 Å². The molecule has 1 aromatic carbocycles. The van der Waals surface area contributed by atoms with Crippen molar-refractivity contribution < 1.29 is 4.42 Å². The number of hydrogen-bond donors (Lipinski definition) is 1. The number of rotatable bonds is 3. The Hall–Kier alpha value is -1.59. The number of halogens is 1. The summed E-state index contributed by atoms with van der Waals surface area (Å²) in [6.07, 6.45) is 1.78. The molecule has 92 valence electrons. The van der Waals surface area contributed by atoms with Gasteiger partial charge in [-0.25, -0.2) is 9.97 Å². The SMILES string of the molecule is Cc1nc2cc(NCc3cnc(Cl)s3)ccc2o1. The van der Waals surface area contributed by atoms with Gasteiger partial charge in [0.05, 0.1) is 6.54 Å². The fraction of sp³-hybridized carbons (Fsp3) is 0.167. The molecule has 3 aromatic rings. The first-order valence-electron chi connectivity index (χ1n) is 5.42. The highest BCUT2D eigenvalue weighted by Crippen LogP contribution is 2.22. The van der Waals surface area contributed by atoms with E-state index in [-0.39, 0.29) is 0 Å². The van der Waals surface area contributed by atoms with Crippen molar-refractivity contribution >= 4 is 39.7 Å². The third kappa shape index (κ3) is 2.32. The molecular formula is C12H10ClN3OS. The quantitative estimate of drug-likeness (QED) is 0.791. The second-order valence-electron chi connectivity index (χ2n) is 3.85. The van der Waals surface area contributed by atoms with E-state index < -0.39 is 0 Å². The lowest BCUT2D eigenvalue weighted by atomic mass is 10.3. The minimum atomic E-state index is 0.564. The zero-order valence-electron chi connectivity index (χ0n) is 9.61. The van der Waals surface area contributed by atoms with Crippen molar-refractivity contribution in [2.75, 3.05) is 5.32 Å². The summed E-state index contributed by atoms with van der Waals surface area (Å²) in [5, 5.41) is 3.31. The lowest BCUT2D eigenvalue weighted by Crippen LogP contribution is -1.96. The molecule has 6 heteroatoms. The fourth-order valence-corrected chi connectivity index (χ4v) is 2.62. The minimum absolute atomic E-state index is 0.564. The summed E-state index contributed by atoms with van der Waals surface area (Å²) in [5.41, 5.74) is 2.67. The minimum Gasteiger partial charge on any atom is -0.441 e. The van der Waals surface area contributed by atoms with Crippen LogP contribution < -0.4 is 5.32 Å². The number of nitrogens with zero attached hydrogens (tertiary/aromatic N) is 2. The molecular weight excluding hydrogens is 270 g/mol. The van der Waals surface area contributed by atoms with Crippen LogP contribution in [0.5, 0.6) is 0 Å². The molecule has 3 rings (SSSR count). The predicted molar refractivity (Wildman–Crippen MR) is 73.2 cm³/mol. The van der Waals surface area contributed by atoms with Gasteiger partial charge in [0.1, 0.15) is 5.52 Å². The number of aromatic nitrogens is 2. The number of thiazole rings is 1. The Balaban J connectivity index is 1.78. The summed E-state index contributed by atoms with van der Waals surface area (Å²) >= 11 is 7.25. The monoisotopic (exact) mass is 279 g/mol. The van der Waals surface area contributed by atoms with Crippen LogP contribution in [0.25, 0.3) is 11.1 Å². The topological polar surface area (TPSA) is 51.0 Å². The molecule has 0 radical (unpaired) electrons. The fourth-order valence-electron chi connectivity index (χ4n) is 1.71. The summed E-state index contributed by atoms with van der Waals surface area (Å²) in [6.45, 7) is 2.54. The summed E-state index contributed by atoms with van der Waals surface area (Å²) in [5.74, 6) is 0.677. The number of oxazole rings is 1. The van der Waals surface area contributed by atoms with Gasteiger partial charge in [-0.05, 0) is 18.2 Å². The van der Waals surface area contributed by atoms with Crippen molar-refractivity contribution in [2.24, 2.45) is 0 Å². The molecule has 0 fully saturated rings. The van der Waals surface area contributed by atoms with Crippen LogP contribution in [0.1, 0.15) is 10.8 Å². The summed E-state index contributed by atoms with van der Waals surface area (Å²) in [6, 6.07) is 5.85. The molecule has 0 aliphatic rings. The maximum absolute atomic E-state index is 5.78. The second-order valence-corrected chi connectivity index (χ2v) is 5.55. The van der Waals surface area contributed by atoms with Crippen LogP contribution in [-0.4, -0.2) is 9.97 Å². The molecule has 1 N–H and O–H groups in total. The standard InChI is InChI=1S/C12H10ClN3OS/c1-7-16-10-4-8(2-3-11(10)17-7)14-5-9-6-15-12(13)18-9/h2-4,6,14H,5H2,1H3. The summed E-state index contributed by atoms with van der Waals surface area (Å²) in [7, 11) is 0. The summed E-state index contributed by atoms with van der Waals surface area (Å²) < 4.78 is 5.99. The Morgan fingerprint density at radius 3 is 3.11 bits per heavy atom. The van der Waals surface area contributed by atoms with E-state index in [0.29, 0.717) is 16.9 Å². The van der Waals surface area contributed by atoms with Crippen molar-refractivity contribution in [1.29, 1.82) is 0 Å². The van der Waals surface area contributed by atoms with Crippen molar-refractivity contribution in [2.45, 2.75) is 13.5 Å². The Labute approximate surface area is 113 Å². The smallest absolute Gasteiger partial charge is 0.192 e. The normalized spacial score (nSPS) is 11.0. The molecule has 0 saturated heterocycles. The summed E-state index contributed by atoms with van der Waals surface area (Å²) in [4.78, 5) is 9.39. The first-order valence-corrected chi connectivity index (χ1v) is 6.61. The van der Waals surface area contributed by atoms with Crippen LogP contribution in [0.3, 0.4) is 0 Å². The molecule has 0 spiro atoms. The van der Waals surface area contributed by atoms with E-state index in [1.165, 1.54) is 11.3 Å². The number of benzene rings is 1. The zero-order chi connectivity index (χ0) is 12.5. The van der Waals surface area contributed by atoms with Crippen molar-refractivity contribution in [3.05, 3.63) is 39.6 Å². The Kier molecular flexibility index (Phi) is 2.93. The van der Waals surface area contributed by atoms with Crippen LogP contribution in [0, 0.1) is 6.92 Å². The number of anilines is 1. The van der Waals surface area contributed by atoms with Gasteiger partial charge in [-0.2, -0.15) is 0 Å². The average molecular weight is 280 g/mol. The third-order valence-corrected chi connectivity index (χ3v) is 3.60. The third-order valence-electron chi connectivity index (χ3n) is 2.49. The van der Waals surface area contributed by atoms with Gasteiger partial charge in [0.25, 0.3) is 0 Å². The molecule has 4 nitrogen and oxygen atoms in total. The lowest BCUT2D eigenvalue weighted by molar-refractivity contribution is 0.561. The van der Waals surface area contributed by atoms with Crippen LogP contribution in [0.15, 0.2) is 28.8 Å². The Morgan fingerprint density at radius 2 is 2.33 bits per heavy atom. The highest BCUT2D eigenvalue weighted by molar-refractivity contribution is 7.15. The lowest BCUT2D eigenvalue weighted by Gasteiger charge is -2.03. The zero-order valence-corrected chi connectivity index (χ0v) is 11.2. The number of fused-ring (bicyclic) bond motifs is 1. The van der Waals surface area contributed by atoms with E-state index in [1.807, 2.05) is 25.1 Å². The molecule has 2 aromatic heterocycles. The molecule has 0 atom stereocenters. The van der Waals surface area contributed by atoms with Gasteiger partial charge < -0.3 is 9.73 Å². The van der Waals surface area contributed by atoms with Crippen molar-refractivity contribution in [3.8, 4) is 0 Å². The van der Waals surface area contributed by atoms with Gasteiger partial charge in [0, 0.05) is 23.7 Å². The largest absolute Gasteiger partial charge is 0.441 e. The Morgan fingerprint density at radius 1 is 1.44 bits per heavy atom. The molecule has 0 amide bonds. The maximum Gasteiger partial charge on any atom is 0.192 e. The van der Waals surface area contributed by atoms with Crippen LogP contribution in [0.2, 0.25) is 4.47 Å². The molecule has 0 aliphatic carbocycles. The number of nitrogens with one attached hydrogen (secondary N) is 1. The number of aryl methyl sites for hydroxylation is 1. The molecule has 0 aliphatic heterocycles. The van der Waals surface area contributed by atoms with Gasteiger partial charge in [-0.1, -0.05) is 11.6 Å². The molecule has 2 heterocycles. The first-order chi connectivity index (χ1) is 8.70. The molecule has 0 bridgehead atoms. The van der Waals surface area contributed by atoms with E-state index in [0.717, 1.165) is 21.7 Å². The van der Waals surface area contributed by atoms with E-state index >= 15 is 0 Å². The van der Waals surface area contributed by atoms with Gasteiger partial charge in [-0.3, -0.25) is 0 Å². The van der Waals surface area contributed by atoms with Gasteiger partial charge >= 0.3 is 0 Å². The van der Waals surface area contributed by atoms with Gasteiger partial charge in [-0.15, -0.1) is 11.3 Å². The highest BCUT2D eigenvalue weighted by Gasteiger charge is 2.04. The number of hydrogen-bond acceptors (Lipinski definition) is 5. The first kappa shape index (κ1) is 11.5. The van der Waals surface area contributed by atoms with Gasteiger partial charge in [0.2, 0.25) is 0 Å². The average Bonchev–Trinajstić information content (AvgIpc) is 2.90. The molecule has 18 heavy (non-hydrogen) atoms. The van der Waals surface area contributed by atoms with E-state index in [1.54, 1.807) is 6.20 Å². The van der Waals surface area contributed by atoms with Crippen LogP contribution >= 0.6 is 22.9 Å². The van der Waals surface area contributed by atoms with Crippen LogP contribution in [0.4, 0.5) is 5.69 Å². The van der Waals surface area contributed by atoms with Crippen molar-refractivity contribution in [1.82, 2.24) is 9.97 Å². The predicted octanol–water partition coefficient (Wildman–Crippen LogP) is 3.86. The van der Waals surface area contributed by atoms with Crippen LogP contribution in [-0.2, 0) is 6.54 Å². The highest BCUT2D eigenvalue weighted by atomic mass is 35.5.